The number of aromatic nitrogens is 1. The van der Waals surface area contributed by atoms with E-state index in [1.54, 1.807) is 6.92 Å². The highest BCUT2D eigenvalue weighted by atomic mass is 16.6. The van der Waals surface area contributed by atoms with Gasteiger partial charge in [0.1, 0.15) is 0 Å². The van der Waals surface area contributed by atoms with E-state index in [4.69, 9.17) is 5.73 Å². The fourth-order valence-corrected chi connectivity index (χ4v) is 0.711. The summed E-state index contributed by atoms with van der Waals surface area (Å²) < 4.78 is 0. The second kappa shape index (κ2) is 2.53. The molecule has 0 fully saturated rings. The zero-order chi connectivity index (χ0) is 8.43. The van der Waals surface area contributed by atoms with E-state index in [0.29, 0.717) is 0 Å². The maximum Gasteiger partial charge on any atom is 0.311 e. The van der Waals surface area contributed by atoms with Gasteiger partial charge in [-0.05, 0) is 12.5 Å². The Bertz CT molecular complexity index is 298. The van der Waals surface area contributed by atoms with Gasteiger partial charge in [0.2, 0.25) is 5.82 Å². The van der Waals surface area contributed by atoms with Gasteiger partial charge in [0.15, 0.2) is 0 Å². The van der Waals surface area contributed by atoms with Crippen molar-refractivity contribution in [1.29, 1.82) is 0 Å². The molecule has 5 heteroatoms. The fraction of sp³-hybridized carbons (Fsp3) is 0.167. The average molecular weight is 153 g/mol. The molecule has 2 N–H and O–H groups in total. The van der Waals surface area contributed by atoms with Gasteiger partial charge in [-0.2, -0.15) is 0 Å². The number of hydrogen-bond donors (Lipinski definition) is 1. The van der Waals surface area contributed by atoms with Crippen molar-refractivity contribution in [3.8, 4) is 0 Å². The Morgan fingerprint density at radius 2 is 2.36 bits per heavy atom. The lowest BCUT2D eigenvalue weighted by atomic mass is 10.3. The first-order chi connectivity index (χ1) is 5.11. The molecule has 5 nitrogen and oxygen atoms in total. The van der Waals surface area contributed by atoms with E-state index in [1.807, 2.05) is 0 Å². The molecule has 0 unspecified atom stereocenters. The van der Waals surface area contributed by atoms with Crippen LogP contribution in [0.25, 0.3) is 0 Å². The van der Waals surface area contributed by atoms with Gasteiger partial charge in [0.05, 0.1) is 4.92 Å². The quantitative estimate of drug-likeness (QED) is 0.479. The van der Waals surface area contributed by atoms with Crippen LogP contribution in [0.15, 0.2) is 12.3 Å². The van der Waals surface area contributed by atoms with Crippen LogP contribution in [0.5, 0.6) is 0 Å². The van der Waals surface area contributed by atoms with Crippen LogP contribution in [-0.2, 0) is 0 Å². The summed E-state index contributed by atoms with van der Waals surface area (Å²) in [6.07, 6.45) is 1.49. The summed E-state index contributed by atoms with van der Waals surface area (Å²) in [4.78, 5) is 13.3. The molecule has 0 bridgehead atoms. The first-order valence-corrected chi connectivity index (χ1v) is 2.98. The van der Waals surface area contributed by atoms with Crippen molar-refractivity contribution in [2.45, 2.75) is 6.92 Å². The number of pyridine rings is 1. The van der Waals surface area contributed by atoms with Gasteiger partial charge >= 0.3 is 5.69 Å². The van der Waals surface area contributed by atoms with Crippen molar-refractivity contribution < 1.29 is 4.92 Å². The molecule has 0 aliphatic rings. The molecule has 11 heavy (non-hydrogen) atoms. The molecule has 0 radical (unpaired) electrons. The molecule has 1 aromatic rings. The number of rotatable bonds is 1. The Balaban J connectivity index is 3.23. The number of anilines is 1. The van der Waals surface area contributed by atoms with Crippen molar-refractivity contribution >= 4 is 11.5 Å². The van der Waals surface area contributed by atoms with Gasteiger partial charge in [0, 0.05) is 12.3 Å². The third-order valence-corrected chi connectivity index (χ3v) is 1.23. The van der Waals surface area contributed by atoms with Gasteiger partial charge in [-0.25, -0.2) is 4.98 Å². The predicted octanol–water partition coefficient (Wildman–Crippen LogP) is 0.880. The summed E-state index contributed by atoms with van der Waals surface area (Å²) >= 11 is 0. The number of nitrogen functional groups attached to an aromatic ring is 1. The van der Waals surface area contributed by atoms with E-state index in [0.717, 1.165) is 5.56 Å². The van der Waals surface area contributed by atoms with Crippen LogP contribution in [0.2, 0.25) is 0 Å². The topological polar surface area (TPSA) is 82.0 Å². The Morgan fingerprint density at radius 1 is 1.73 bits per heavy atom. The summed E-state index contributed by atoms with van der Waals surface area (Å²) in [5, 5.41) is 10.3. The zero-order valence-electron chi connectivity index (χ0n) is 5.94. The molecule has 0 aromatic carbocycles. The molecule has 0 saturated carbocycles. The summed E-state index contributed by atoms with van der Waals surface area (Å²) in [7, 11) is 0. The summed E-state index contributed by atoms with van der Waals surface area (Å²) in [5.41, 5.74) is 5.83. The van der Waals surface area contributed by atoms with Gasteiger partial charge in [0.25, 0.3) is 0 Å². The molecule has 0 spiro atoms. The molecule has 58 valence electrons. The molecule has 1 aromatic heterocycles. The molecule has 0 aliphatic heterocycles. The average Bonchev–Trinajstić information content (AvgIpc) is 1.94. The lowest BCUT2D eigenvalue weighted by molar-refractivity contribution is -0.384. The molecule has 1 heterocycles. The van der Waals surface area contributed by atoms with Gasteiger partial charge < -0.3 is 5.73 Å². The van der Waals surface area contributed by atoms with Crippen molar-refractivity contribution in [3.63, 3.8) is 0 Å². The van der Waals surface area contributed by atoms with Crippen LogP contribution in [0.3, 0.4) is 0 Å². The second-order valence-electron chi connectivity index (χ2n) is 2.17. The minimum Gasteiger partial charge on any atom is -0.378 e. The van der Waals surface area contributed by atoms with Crippen molar-refractivity contribution in [2.24, 2.45) is 0 Å². The van der Waals surface area contributed by atoms with E-state index in [9.17, 15) is 10.1 Å². The maximum absolute atomic E-state index is 10.3. The predicted molar refractivity (Wildman–Crippen MR) is 40.0 cm³/mol. The summed E-state index contributed by atoms with van der Waals surface area (Å²) in [6, 6.07) is 1.39. The van der Waals surface area contributed by atoms with Gasteiger partial charge in [-0.3, -0.25) is 10.1 Å². The van der Waals surface area contributed by atoms with Crippen LogP contribution in [0.1, 0.15) is 5.56 Å². The van der Waals surface area contributed by atoms with E-state index in [1.165, 1.54) is 12.3 Å². The first kappa shape index (κ1) is 7.46. The zero-order valence-corrected chi connectivity index (χ0v) is 5.94. The van der Waals surface area contributed by atoms with Gasteiger partial charge in [-0.1, -0.05) is 0 Å². The largest absolute Gasteiger partial charge is 0.378 e. The number of nitro groups is 1. The molecular weight excluding hydrogens is 146 g/mol. The highest BCUT2D eigenvalue weighted by Crippen LogP contribution is 2.18. The highest BCUT2D eigenvalue weighted by Gasteiger charge is 2.11. The number of nitrogens with two attached hydrogens (primary N) is 1. The Hall–Kier alpha value is -1.65. The van der Waals surface area contributed by atoms with Crippen molar-refractivity contribution in [1.82, 2.24) is 4.98 Å². The third-order valence-electron chi connectivity index (χ3n) is 1.23. The van der Waals surface area contributed by atoms with E-state index in [2.05, 4.69) is 4.98 Å². The van der Waals surface area contributed by atoms with Crippen LogP contribution < -0.4 is 5.73 Å². The highest BCUT2D eigenvalue weighted by molar-refractivity contribution is 5.52. The number of nitrogens with zero attached hydrogens (tertiary/aromatic N) is 2. The first-order valence-electron chi connectivity index (χ1n) is 2.98. The lowest BCUT2D eigenvalue weighted by Gasteiger charge is -1.95. The monoisotopic (exact) mass is 153 g/mol. The molecule has 0 atom stereocenters. The smallest absolute Gasteiger partial charge is 0.311 e. The number of hydrogen-bond acceptors (Lipinski definition) is 4. The van der Waals surface area contributed by atoms with Gasteiger partial charge in [-0.15, -0.1) is 0 Å². The van der Waals surface area contributed by atoms with E-state index >= 15 is 0 Å². The molecule has 0 saturated heterocycles. The fourth-order valence-electron chi connectivity index (χ4n) is 0.711. The molecule has 0 aliphatic carbocycles. The molecule has 0 amide bonds. The van der Waals surface area contributed by atoms with Crippen molar-refractivity contribution in [2.75, 3.05) is 5.73 Å². The third kappa shape index (κ3) is 1.43. The minimum absolute atomic E-state index is 0.0411. The lowest BCUT2D eigenvalue weighted by Crippen LogP contribution is -1.98. The second-order valence-corrected chi connectivity index (χ2v) is 2.17. The van der Waals surface area contributed by atoms with Crippen LogP contribution in [0, 0.1) is 17.0 Å². The van der Waals surface area contributed by atoms with E-state index in [-0.39, 0.29) is 11.5 Å². The van der Waals surface area contributed by atoms with Crippen LogP contribution in [-0.4, -0.2) is 9.91 Å². The van der Waals surface area contributed by atoms with Crippen LogP contribution >= 0.6 is 0 Å². The Morgan fingerprint density at radius 3 is 2.82 bits per heavy atom. The molecule has 1 rings (SSSR count). The standard InChI is InChI=1S/C6H7N3O2/c1-4-2-5(9(10)11)6(7)8-3-4/h2-3H,1H3,(H2,7,8). The van der Waals surface area contributed by atoms with Crippen LogP contribution in [0.4, 0.5) is 11.5 Å². The minimum atomic E-state index is -0.546. The Kier molecular flexibility index (Phi) is 1.72. The SMILES string of the molecule is Cc1cnc(N)c([N+](=O)[O-])c1. The van der Waals surface area contributed by atoms with Crippen molar-refractivity contribution in [3.05, 3.63) is 27.9 Å². The normalized spacial score (nSPS) is 9.55. The Labute approximate surface area is 63.0 Å². The maximum atomic E-state index is 10.3. The summed E-state index contributed by atoms with van der Waals surface area (Å²) in [5.74, 6) is -0.0411. The van der Waals surface area contributed by atoms with E-state index < -0.39 is 4.92 Å². The molecular formula is C6H7N3O2. The summed E-state index contributed by atoms with van der Waals surface area (Å²) in [6.45, 7) is 1.72. The number of aryl methyl sites for hydroxylation is 1.